The number of nitrogens with one attached hydrogen (secondary N) is 2. The van der Waals surface area contributed by atoms with Crippen LogP contribution >= 0.6 is 7.92 Å². The van der Waals surface area contributed by atoms with Crippen molar-refractivity contribution in [2.45, 2.75) is 45.1 Å². The molecule has 0 amide bonds. The van der Waals surface area contributed by atoms with Crippen LogP contribution in [0.25, 0.3) is 17.1 Å². The molecule has 7 rings (SSSR count). The second kappa shape index (κ2) is 15.0. The predicted octanol–water partition coefficient (Wildman–Crippen LogP) is 6.48. The fourth-order valence-corrected chi connectivity index (χ4v) is 8.35. The van der Waals surface area contributed by atoms with E-state index >= 15 is 0 Å². The number of rotatable bonds is 11. The number of anilines is 5. The van der Waals surface area contributed by atoms with Crippen molar-refractivity contribution in [3.8, 4) is 5.75 Å². The standard InChI is InChI=1S/C38H50N9OP/c1-6-27-23-32(34(48-3)24-33(27)47-17-13-29(14-18-47)46-21-19-45(2)20-22-46)43-38-41-25-28(10-9-26-7-8-26)37(44-38)42-31-12-11-30-35(36(31)49(4)5)40-16-15-39-30/h9-12,15-16,23-26,29H,6-8,13-14,17-22H2,1-5H3,(H2,41,42,43,44)/b10-9+. The Morgan fingerprint density at radius 2 is 1.69 bits per heavy atom. The third kappa shape index (κ3) is 7.67. The molecule has 258 valence electrons. The summed E-state index contributed by atoms with van der Waals surface area (Å²) in [6.07, 6.45) is 15.7. The number of piperazine rings is 1. The van der Waals surface area contributed by atoms with Gasteiger partial charge in [-0.3, -0.25) is 14.9 Å². The van der Waals surface area contributed by atoms with Gasteiger partial charge in [-0.1, -0.05) is 27.0 Å². The number of aromatic nitrogens is 4. The van der Waals surface area contributed by atoms with Gasteiger partial charge in [0.15, 0.2) is 0 Å². The van der Waals surface area contributed by atoms with E-state index in [2.05, 4.69) is 88.0 Å². The van der Waals surface area contributed by atoms with E-state index in [0.29, 0.717) is 17.9 Å². The zero-order valence-corrected chi connectivity index (χ0v) is 30.5. The summed E-state index contributed by atoms with van der Waals surface area (Å²) >= 11 is 0. The number of likely N-dealkylation sites (N-methyl/N-ethyl adjacent to an activating group) is 1. The maximum absolute atomic E-state index is 5.98. The molecule has 1 saturated carbocycles. The van der Waals surface area contributed by atoms with E-state index < -0.39 is 7.92 Å². The lowest BCUT2D eigenvalue weighted by Gasteiger charge is -2.43. The van der Waals surface area contributed by atoms with Crippen molar-refractivity contribution >= 4 is 59.2 Å². The first-order valence-electron chi connectivity index (χ1n) is 17.8. The van der Waals surface area contributed by atoms with Crippen LogP contribution in [0.2, 0.25) is 0 Å². The zero-order valence-electron chi connectivity index (χ0n) is 29.6. The number of fused-ring (bicyclic) bond motifs is 1. The van der Waals surface area contributed by atoms with Crippen molar-refractivity contribution in [1.82, 2.24) is 29.7 Å². The Bertz CT molecular complexity index is 1790. The van der Waals surface area contributed by atoms with Crippen molar-refractivity contribution in [2.24, 2.45) is 5.92 Å². The van der Waals surface area contributed by atoms with E-state index in [9.17, 15) is 0 Å². The van der Waals surface area contributed by atoms with Crippen LogP contribution < -0.4 is 25.6 Å². The molecule has 4 aromatic rings. The number of benzene rings is 2. The quantitative estimate of drug-likeness (QED) is 0.172. The average Bonchev–Trinajstić information content (AvgIpc) is 3.96. The highest BCUT2D eigenvalue weighted by Crippen LogP contribution is 2.38. The number of aryl methyl sites for hydroxylation is 1. The summed E-state index contributed by atoms with van der Waals surface area (Å²) in [6, 6.07) is 9.23. The molecular formula is C38H50N9OP. The highest BCUT2D eigenvalue weighted by molar-refractivity contribution is 7.65. The molecule has 1 aliphatic carbocycles. The van der Waals surface area contributed by atoms with E-state index in [1.165, 1.54) is 68.4 Å². The van der Waals surface area contributed by atoms with Crippen LogP contribution in [-0.4, -0.2) is 103 Å². The number of allylic oxidation sites excluding steroid dienone is 1. The molecule has 2 N–H and O–H groups in total. The van der Waals surface area contributed by atoms with Crippen LogP contribution in [0.5, 0.6) is 5.75 Å². The molecule has 49 heavy (non-hydrogen) atoms. The monoisotopic (exact) mass is 679 g/mol. The normalized spacial score (nSPS) is 18.1. The number of hydrogen-bond acceptors (Lipinski definition) is 10. The van der Waals surface area contributed by atoms with E-state index in [0.717, 1.165) is 59.0 Å². The summed E-state index contributed by atoms with van der Waals surface area (Å²) in [7, 11) is 3.50. The van der Waals surface area contributed by atoms with Gasteiger partial charge in [-0.2, -0.15) is 4.98 Å². The van der Waals surface area contributed by atoms with Gasteiger partial charge >= 0.3 is 0 Å². The summed E-state index contributed by atoms with van der Waals surface area (Å²) < 4.78 is 5.98. The van der Waals surface area contributed by atoms with E-state index in [-0.39, 0.29) is 0 Å². The van der Waals surface area contributed by atoms with Crippen LogP contribution in [0.1, 0.15) is 43.7 Å². The highest BCUT2D eigenvalue weighted by atomic mass is 31.1. The SMILES string of the molecule is CCc1cc(Nc2ncc(/C=C/C3CC3)c(Nc3ccc4nccnc4c3P(C)C)n2)c(OC)cc1N1CCC(N2CCN(C)CC2)CC1. The molecule has 0 unspecified atom stereocenters. The van der Waals surface area contributed by atoms with Crippen LogP contribution in [0.4, 0.5) is 28.8 Å². The Hall–Kier alpha value is -3.85. The molecule has 0 bridgehead atoms. The molecule has 2 aliphatic heterocycles. The van der Waals surface area contributed by atoms with Crippen molar-refractivity contribution < 1.29 is 4.74 Å². The molecule has 3 fully saturated rings. The fraction of sp³-hybridized carbons (Fsp3) is 0.474. The molecule has 11 heteroatoms. The Morgan fingerprint density at radius 1 is 0.918 bits per heavy atom. The lowest BCUT2D eigenvalue weighted by Crippen LogP contribution is -2.52. The van der Waals surface area contributed by atoms with Gasteiger partial charge in [0.25, 0.3) is 0 Å². The number of methoxy groups -OCH3 is 1. The third-order valence-electron chi connectivity index (χ3n) is 10.2. The highest BCUT2D eigenvalue weighted by Gasteiger charge is 2.28. The lowest BCUT2D eigenvalue weighted by molar-refractivity contribution is 0.0982. The molecule has 4 heterocycles. The van der Waals surface area contributed by atoms with Gasteiger partial charge in [-0.15, -0.1) is 0 Å². The topological polar surface area (TPSA) is 94.6 Å². The smallest absolute Gasteiger partial charge is 0.229 e. The van der Waals surface area contributed by atoms with Gasteiger partial charge < -0.3 is 25.2 Å². The summed E-state index contributed by atoms with van der Waals surface area (Å²) in [6.45, 7) is 13.6. The molecular weight excluding hydrogens is 629 g/mol. The van der Waals surface area contributed by atoms with Crippen molar-refractivity contribution in [3.63, 3.8) is 0 Å². The first-order valence-corrected chi connectivity index (χ1v) is 20.0. The number of ether oxygens (including phenoxy) is 1. The third-order valence-corrected chi connectivity index (χ3v) is 11.5. The molecule has 2 aromatic carbocycles. The lowest BCUT2D eigenvalue weighted by atomic mass is 9.99. The first-order chi connectivity index (χ1) is 23.9. The number of hydrogen-bond donors (Lipinski definition) is 2. The minimum Gasteiger partial charge on any atom is -0.494 e. The Labute approximate surface area is 292 Å². The fourth-order valence-electron chi connectivity index (χ4n) is 7.14. The van der Waals surface area contributed by atoms with Crippen LogP contribution in [-0.2, 0) is 6.42 Å². The largest absolute Gasteiger partial charge is 0.494 e. The van der Waals surface area contributed by atoms with Gasteiger partial charge in [-0.25, -0.2) is 4.98 Å². The Balaban J connectivity index is 1.14. The Morgan fingerprint density at radius 3 is 2.41 bits per heavy atom. The van der Waals surface area contributed by atoms with Crippen molar-refractivity contribution in [1.29, 1.82) is 0 Å². The maximum atomic E-state index is 5.98. The van der Waals surface area contributed by atoms with Gasteiger partial charge in [-0.05, 0) is 82.2 Å². The maximum Gasteiger partial charge on any atom is 0.229 e. The number of piperidine rings is 1. The molecule has 2 aromatic heterocycles. The van der Waals surface area contributed by atoms with E-state index in [1.54, 1.807) is 19.5 Å². The molecule has 0 atom stereocenters. The van der Waals surface area contributed by atoms with E-state index in [1.807, 2.05) is 12.3 Å². The molecule has 3 aliphatic rings. The second-order valence-corrected chi connectivity index (χ2v) is 16.1. The minimum atomic E-state index is -0.473. The summed E-state index contributed by atoms with van der Waals surface area (Å²) in [4.78, 5) is 26.8. The molecule has 10 nitrogen and oxygen atoms in total. The van der Waals surface area contributed by atoms with Crippen LogP contribution in [0.3, 0.4) is 0 Å². The molecule has 2 saturated heterocycles. The van der Waals surface area contributed by atoms with E-state index in [4.69, 9.17) is 19.7 Å². The first kappa shape index (κ1) is 33.6. The van der Waals surface area contributed by atoms with Gasteiger partial charge in [0.05, 0.1) is 23.8 Å². The zero-order chi connectivity index (χ0) is 33.9. The van der Waals surface area contributed by atoms with Crippen molar-refractivity contribution in [3.05, 3.63) is 60.1 Å². The molecule has 0 spiro atoms. The van der Waals surface area contributed by atoms with Gasteiger partial charge in [0, 0.05) is 92.2 Å². The molecule has 0 radical (unpaired) electrons. The van der Waals surface area contributed by atoms with Crippen LogP contribution in [0.15, 0.2) is 48.9 Å². The average molecular weight is 680 g/mol. The van der Waals surface area contributed by atoms with Crippen molar-refractivity contribution in [2.75, 3.05) is 82.3 Å². The predicted molar refractivity (Wildman–Crippen MR) is 205 cm³/mol. The Kier molecular flexibility index (Phi) is 10.3. The summed E-state index contributed by atoms with van der Waals surface area (Å²) in [5.41, 5.74) is 7.23. The second-order valence-electron chi connectivity index (χ2n) is 13.8. The van der Waals surface area contributed by atoms with Gasteiger partial charge in [0.1, 0.15) is 11.6 Å². The summed E-state index contributed by atoms with van der Waals surface area (Å²) in [5.74, 6) is 2.71. The summed E-state index contributed by atoms with van der Waals surface area (Å²) in [5, 5.41) is 8.38. The number of nitrogens with zero attached hydrogens (tertiary/aromatic N) is 7. The minimum absolute atomic E-state index is 0.473. The van der Waals surface area contributed by atoms with Gasteiger partial charge in [0.2, 0.25) is 5.95 Å². The van der Waals surface area contributed by atoms with Crippen LogP contribution in [0, 0.1) is 5.92 Å².